The van der Waals surface area contributed by atoms with Gasteiger partial charge >= 0.3 is 0 Å². The third-order valence-electron chi connectivity index (χ3n) is 3.74. The summed E-state index contributed by atoms with van der Waals surface area (Å²) in [4.78, 5) is 0. The van der Waals surface area contributed by atoms with Crippen LogP contribution >= 0.6 is 0 Å². The van der Waals surface area contributed by atoms with Crippen molar-refractivity contribution in [3.8, 4) is 5.75 Å². The maximum absolute atomic E-state index is 5.63. The molecule has 1 N–H and O–H groups in total. The average Bonchev–Trinajstić information content (AvgIpc) is 2.75. The summed E-state index contributed by atoms with van der Waals surface area (Å²) in [6, 6.07) is 6.50. The molecule has 0 amide bonds. The highest BCUT2D eigenvalue weighted by Gasteiger charge is 2.23. The molecule has 0 spiro atoms. The van der Waals surface area contributed by atoms with E-state index in [0.717, 1.165) is 23.7 Å². The fourth-order valence-corrected chi connectivity index (χ4v) is 2.94. The first-order valence-corrected chi connectivity index (χ1v) is 7.37. The SMILES string of the molecule is CCNC(c1c(C)cc(C)cc1OC)c1cc(C)nn1C. The van der Waals surface area contributed by atoms with Gasteiger partial charge in [-0.15, -0.1) is 0 Å². The Labute approximate surface area is 127 Å². The lowest BCUT2D eigenvalue weighted by atomic mass is 9.95. The number of ether oxygens (including phenoxy) is 1. The molecule has 0 fully saturated rings. The third kappa shape index (κ3) is 3.10. The number of benzene rings is 1. The average molecular weight is 287 g/mol. The van der Waals surface area contributed by atoms with Crippen LogP contribution in [-0.2, 0) is 7.05 Å². The molecule has 0 aliphatic carbocycles. The Kier molecular flexibility index (Phi) is 4.68. The fourth-order valence-electron chi connectivity index (χ4n) is 2.94. The molecule has 0 saturated heterocycles. The molecule has 1 unspecified atom stereocenters. The van der Waals surface area contributed by atoms with Crippen molar-refractivity contribution in [3.05, 3.63) is 46.3 Å². The van der Waals surface area contributed by atoms with Gasteiger partial charge in [0.15, 0.2) is 0 Å². The standard InChI is InChI=1S/C17H25N3O/c1-7-18-17(14-10-13(4)19-20(14)5)16-12(3)8-11(2)9-15(16)21-6/h8-10,17-18H,7H2,1-6H3. The van der Waals surface area contributed by atoms with E-state index in [2.05, 4.69) is 49.4 Å². The highest BCUT2D eigenvalue weighted by atomic mass is 16.5. The van der Waals surface area contributed by atoms with E-state index in [1.54, 1.807) is 7.11 Å². The number of methoxy groups -OCH3 is 1. The van der Waals surface area contributed by atoms with Gasteiger partial charge in [0.05, 0.1) is 24.5 Å². The van der Waals surface area contributed by atoms with E-state index in [4.69, 9.17) is 4.74 Å². The molecule has 0 radical (unpaired) electrons. The summed E-state index contributed by atoms with van der Waals surface area (Å²) in [6.45, 7) is 9.25. The Bertz CT molecular complexity index is 631. The number of hydrogen-bond acceptors (Lipinski definition) is 3. The first-order valence-electron chi connectivity index (χ1n) is 7.37. The van der Waals surface area contributed by atoms with E-state index in [1.165, 1.54) is 16.7 Å². The number of nitrogens with one attached hydrogen (secondary N) is 1. The second-order valence-corrected chi connectivity index (χ2v) is 5.52. The number of rotatable bonds is 5. The van der Waals surface area contributed by atoms with Crippen LogP contribution in [0, 0.1) is 20.8 Å². The number of nitrogens with zero attached hydrogens (tertiary/aromatic N) is 2. The second kappa shape index (κ2) is 6.31. The van der Waals surface area contributed by atoms with Crippen LogP contribution < -0.4 is 10.1 Å². The molecule has 0 saturated carbocycles. The Morgan fingerprint density at radius 2 is 1.95 bits per heavy atom. The molecule has 0 bridgehead atoms. The van der Waals surface area contributed by atoms with E-state index in [-0.39, 0.29) is 6.04 Å². The number of aromatic nitrogens is 2. The van der Waals surface area contributed by atoms with Crippen LogP contribution in [0.1, 0.15) is 41.0 Å². The predicted octanol–water partition coefficient (Wildman–Crippen LogP) is 3.05. The van der Waals surface area contributed by atoms with Crippen molar-refractivity contribution in [1.82, 2.24) is 15.1 Å². The van der Waals surface area contributed by atoms with Crippen molar-refractivity contribution in [2.45, 2.75) is 33.7 Å². The smallest absolute Gasteiger partial charge is 0.124 e. The maximum atomic E-state index is 5.63. The summed E-state index contributed by atoms with van der Waals surface area (Å²) < 4.78 is 7.58. The van der Waals surface area contributed by atoms with Gasteiger partial charge in [0.2, 0.25) is 0 Å². The third-order valence-corrected chi connectivity index (χ3v) is 3.74. The summed E-state index contributed by atoms with van der Waals surface area (Å²) in [5.41, 5.74) is 5.81. The van der Waals surface area contributed by atoms with Crippen molar-refractivity contribution in [2.75, 3.05) is 13.7 Å². The second-order valence-electron chi connectivity index (χ2n) is 5.52. The Morgan fingerprint density at radius 1 is 1.24 bits per heavy atom. The van der Waals surface area contributed by atoms with Crippen LogP contribution in [0.2, 0.25) is 0 Å². The van der Waals surface area contributed by atoms with Gasteiger partial charge in [0, 0.05) is 12.6 Å². The number of aryl methyl sites for hydroxylation is 4. The van der Waals surface area contributed by atoms with Gasteiger partial charge in [0.25, 0.3) is 0 Å². The van der Waals surface area contributed by atoms with Crippen LogP contribution in [0.25, 0.3) is 0 Å². The van der Waals surface area contributed by atoms with Crippen LogP contribution in [0.4, 0.5) is 0 Å². The largest absolute Gasteiger partial charge is 0.496 e. The van der Waals surface area contributed by atoms with E-state index < -0.39 is 0 Å². The van der Waals surface area contributed by atoms with E-state index in [0.29, 0.717) is 0 Å². The lowest BCUT2D eigenvalue weighted by molar-refractivity contribution is 0.401. The summed E-state index contributed by atoms with van der Waals surface area (Å²) >= 11 is 0. The molecule has 0 aliphatic rings. The molecule has 1 aromatic heterocycles. The van der Waals surface area contributed by atoms with Crippen molar-refractivity contribution in [3.63, 3.8) is 0 Å². The summed E-state index contributed by atoms with van der Waals surface area (Å²) in [5.74, 6) is 0.928. The lowest BCUT2D eigenvalue weighted by Crippen LogP contribution is -2.25. The highest BCUT2D eigenvalue weighted by molar-refractivity contribution is 5.48. The molecule has 4 heteroatoms. The molecule has 114 valence electrons. The van der Waals surface area contributed by atoms with Crippen molar-refractivity contribution in [1.29, 1.82) is 0 Å². The fraction of sp³-hybridized carbons (Fsp3) is 0.471. The van der Waals surface area contributed by atoms with E-state index in [1.807, 2.05) is 18.7 Å². The van der Waals surface area contributed by atoms with Gasteiger partial charge in [-0.25, -0.2) is 0 Å². The molecular weight excluding hydrogens is 262 g/mol. The van der Waals surface area contributed by atoms with Crippen LogP contribution in [0.5, 0.6) is 5.75 Å². The van der Waals surface area contributed by atoms with Crippen LogP contribution in [-0.4, -0.2) is 23.4 Å². The van der Waals surface area contributed by atoms with Crippen LogP contribution in [0.3, 0.4) is 0 Å². The van der Waals surface area contributed by atoms with Gasteiger partial charge in [0.1, 0.15) is 5.75 Å². The van der Waals surface area contributed by atoms with Crippen molar-refractivity contribution >= 4 is 0 Å². The minimum absolute atomic E-state index is 0.0803. The Hall–Kier alpha value is -1.81. The highest BCUT2D eigenvalue weighted by Crippen LogP contribution is 2.34. The summed E-state index contributed by atoms with van der Waals surface area (Å²) in [5, 5.41) is 8.04. The minimum Gasteiger partial charge on any atom is -0.496 e. The zero-order chi connectivity index (χ0) is 15.6. The normalized spacial score (nSPS) is 12.5. The van der Waals surface area contributed by atoms with Crippen molar-refractivity contribution in [2.24, 2.45) is 7.05 Å². The zero-order valence-corrected chi connectivity index (χ0v) is 13.8. The summed E-state index contributed by atoms with van der Waals surface area (Å²) in [7, 11) is 3.72. The molecule has 1 heterocycles. The lowest BCUT2D eigenvalue weighted by Gasteiger charge is -2.23. The first kappa shape index (κ1) is 15.6. The molecule has 2 aromatic rings. The van der Waals surface area contributed by atoms with Crippen LogP contribution in [0.15, 0.2) is 18.2 Å². The van der Waals surface area contributed by atoms with E-state index >= 15 is 0 Å². The summed E-state index contributed by atoms with van der Waals surface area (Å²) in [6.07, 6.45) is 0. The molecule has 2 rings (SSSR count). The molecule has 1 atom stereocenters. The Balaban J connectivity index is 2.60. The van der Waals surface area contributed by atoms with E-state index in [9.17, 15) is 0 Å². The molecule has 1 aromatic carbocycles. The van der Waals surface area contributed by atoms with Gasteiger partial charge < -0.3 is 10.1 Å². The molecular formula is C17H25N3O. The predicted molar refractivity (Wildman–Crippen MR) is 85.9 cm³/mol. The molecule has 21 heavy (non-hydrogen) atoms. The quantitative estimate of drug-likeness (QED) is 0.918. The Morgan fingerprint density at radius 3 is 2.48 bits per heavy atom. The molecule has 4 nitrogen and oxygen atoms in total. The van der Waals surface area contributed by atoms with Gasteiger partial charge in [-0.05, 0) is 50.6 Å². The van der Waals surface area contributed by atoms with Gasteiger partial charge in [-0.2, -0.15) is 5.10 Å². The van der Waals surface area contributed by atoms with Gasteiger partial charge in [-0.1, -0.05) is 13.0 Å². The van der Waals surface area contributed by atoms with Gasteiger partial charge in [-0.3, -0.25) is 4.68 Å². The molecule has 0 aliphatic heterocycles. The zero-order valence-electron chi connectivity index (χ0n) is 13.8. The monoisotopic (exact) mass is 287 g/mol. The minimum atomic E-state index is 0.0803. The number of hydrogen-bond donors (Lipinski definition) is 1. The maximum Gasteiger partial charge on any atom is 0.124 e. The topological polar surface area (TPSA) is 39.1 Å². The first-order chi connectivity index (χ1) is 9.97. The van der Waals surface area contributed by atoms with Crippen molar-refractivity contribution < 1.29 is 4.74 Å².